The molecular formula is C21H24N4O3. The van der Waals surface area contributed by atoms with Crippen LogP contribution in [0.4, 0.5) is 0 Å². The van der Waals surface area contributed by atoms with E-state index in [1.165, 1.54) is 17.9 Å². The minimum atomic E-state index is -0.893. The summed E-state index contributed by atoms with van der Waals surface area (Å²) in [6, 6.07) is 8.34. The van der Waals surface area contributed by atoms with Crippen LogP contribution in [0.15, 0.2) is 24.4 Å². The third-order valence-electron chi connectivity index (χ3n) is 6.27. The van der Waals surface area contributed by atoms with Crippen molar-refractivity contribution in [2.24, 2.45) is 17.6 Å². The second kappa shape index (κ2) is 6.95. The van der Waals surface area contributed by atoms with Crippen LogP contribution in [-0.4, -0.2) is 47.5 Å². The van der Waals surface area contributed by atoms with Crippen LogP contribution in [0.3, 0.4) is 0 Å². The van der Waals surface area contributed by atoms with Gasteiger partial charge < -0.3 is 20.4 Å². The summed E-state index contributed by atoms with van der Waals surface area (Å²) in [6.07, 6.45) is 2.81. The van der Waals surface area contributed by atoms with Crippen molar-refractivity contribution in [1.29, 1.82) is 5.26 Å². The molecule has 1 unspecified atom stereocenters. The summed E-state index contributed by atoms with van der Waals surface area (Å²) in [4.78, 5) is 29.2. The summed E-state index contributed by atoms with van der Waals surface area (Å²) < 4.78 is 5.83. The van der Waals surface area contributed by atoms with Gasteiger partial charge in [-0.1, -0.05) is 12.1 Å². The van der Waals surface area contributed by atoms with Crippen LogP contribution in [0.5, 0.6) is 0 Å². The predicted molar refractivity (Wildman–Crippen MR) is 103 cm³/mol. The number of nitriles is 1. The Morgan fingerprint density at radius 1 is 1.46 bits per heavy atom. The number of hydrogen-bond acceptors (Lipinski definition) is 5. The highest BCUT2D eigenvalue weighted by atomic mass is 16.5. The molecule has 1 fully saturated rings. The lowest BCUT2D eigenvalue weighted by Gasteiger charge is -2.49. The molecule has 7 nitrogen and oxygen atoms in total. The molecule has 0 saturated carbocycles. The predicted octanol–water partition coefficient (Wildman–Crippen LogP) is 1.68. The number of piperidine rings is 1. The number of likely N-dealkylation sites (N-methyl/N-ethyl adjacent to an activating group) is 1. The number of esters is 1. The summed E-state index contributed by atoms with van der Waals surface area (Å²) in [5.74, 6) is -2.05. The zero-order chi connectivity index (χ0) is 20.0. The number of benzene rings is 1. The highest BCUT2D eigenvalue weighted by molar-refractivity contribution is 5.88. The maximum atomic E-state index is 11.9. The fraction of sp³-hybridized carbons (Fsp3) is 0.476. The molecule has 0 radical (unpaired) electrons. The smallest absolute Gasteiger partial charge is 0.302 e. The highest BCUT2D eigenvalue weighted by Crippen LogP contribution is 2.46. The normalized spacial score (nSPS) is 27.6. The first-order chi connectivity index (χ1) is 13.4. The maximum Gasteiger partial charge on any atom is 0.302 e. The third kappa shape index (κ3) is 2.94. The SMILES string of the molecule is CC(=O)O[C@@H]1[C@@H](CC(C#N)C(N)=O)CN(C)[C@@H]2Cc3c[nH]c4cccc(c34)[C@@H]12. The number of nitrogens with two attached hydrogens (primary N) is 1. The third-order valence-corrected chi connectivity index (χ3v) is 6.27. The second-order valence-corrected chi connectivity index (χ2v) is 7.97. The number of aromatic amines is 1. The van der Waals surface area contributed by atoms with Gasteiger partial charge in [-0.05, 0) is 37.1 Å². The molecule has 2 aromatic rings. The number of rotatable bonds is 4. The van der Waals surface area contributed by atoms with Crippen LogP contribution >= 0.6 is 0 Å². The Hall–Kier alpha value is -2.85. The molecule has 1 aliphatic heterocycles. The Bertz CT molecular complexity index is 976. The number of primary amides is 1. The van der Waals surface area contributed by atoms with Gasteiger partial charge in [0.15, 0.2) is 0 Å². The summed E-state index contributed by atoms with van der Waals surface area (Å²) >= 11 is 0. The Morgan fingerprint density at radius 3 is 2.93 bits per heavy atom. The average molecular weight is 380 g/mol. The van der Waals surface area contributed by atoms with Gasteiger partial charge in [0.2, 0.25) is 5.91 Å². The van der Waals surface area contributed by atoms with Crippen LogP contribution in [0.1, 0.15) is 30.4 Å². The molecule has 3 N–H and O–H groups in total. The molecule has 0 bridgehead atoms. The monoisotopic (exact) mass is 380 g/mol. The van der Waals surface area contributed by atoms with E-state index in [9.17, 15) is 14.9 Å². The molecule has 2 heterocycles. The number of likely N-dealkylation sites (tertiary alicyclic amines) is 1. The van der Waals surface area contributed by atoms with E-state index in [2.05, 4.69) is 29.2 Å². The second-order valence-electron chi connectivity index (χ2n) is 7.97. The molecule has 4 rings (SSSR count). The van der Waals surface area contributed by atoms with Crippen molar-refractivity contribution in [3.05, 3.63) is 35.5 Å². The fourth-order valence-corrected chi connectivity index (χ4v) is 5.12. The van der Waals surface area contributed by atoms with E-state index in [-0.39, 0.29) is 30.3 Å². The topological polar surface area (TPSA) is 112 Å². The van der Waals surface area contributed by atoms with Gasteiger partial charge >= 0.3 is 5.97 Å². The summed E-state index contributed by atoms with van der Waals surface area (Å²) in [6.45, 7) is 2.05. The van der Waals surface area contributed by atoms with Crippen LogP contribution in [0, 0.1) is 23.2 Å². The van der Waals surface area contributed by atoms with Gasteiger partial charge in [-0.25, -0.2) is 0 Å². The highest BCUT2D eigenvalue weighted by Gasteiger charge is 2.48. The van der Waals surface area contributed by atoms with E-state index in [1.54, 1.807) is 0 Å². The molecule has 1 aromatic heterocycles. The number of ether oxygens (including phenoxy) is 1. The molecule has 0 spiro atoms. The van der Waals surface area contributed by atoms with Crippen molar-refractivity contribution in [2.75, 3.05) is 13.6 Å². The molecule has 2 aliphatic rings. The molecular weight excluding hydrogens is 356 g/mol. The standard InChI is InChI=1S/C21H24N4O3/c1-11(26)28-20-14(6-12(8-22)21(23)27)10-25(2)17-7-13-9-24-16-5-3-4-15(18(13)16)19(17)20/h3-5,9,12,14,17,19-20,24H,6-7,10H2,1-2H3,(H2,23,27)/t12?,14-,17+,19+,20+/m0/s1. The molecule has 146 valence electrons. The van der Waals surface area contributed by atoms with E-state index in [0.717, 1.165) is 17.5 Å². The Morgan fingerprint density at radius 2 is 2.25 bits per heavy atom. The van der Waals surface area contributed by atoms with Crippen molar-refractivity contribution in [3.63, 3.8) is 0 Å². The van der Waals surface area contributed by atoms with Crippen molar-refractivity contribution >= 4 is 22.8 Å². The first-order valence-electron chi connectivity index (χ1n) is 9.56. The lowest BCUT2D eigenvalue weighted by molar-refractivity contribution is -0.156. The van der Waals surface area contributed by atoms with Crippen LogP contribution < -0.4 is 5.73 Å². The minimum Gasteiger partial charge on any atom is -0.461 e. The minimum absolute atomic E-state index is 0.0214. The van der Waals surface area contributed by atoms with Crippen molar-refractivity contribution in [2.45, 2.75) is 37.8 Å². The number of carbonyl (C=O) groups is 2. The van der Waals surface area contributed by atoms with Crippen LogP contribution in [0.2, 0.25) is 0 Å². The largest absolute Gasteiger partial charge is 0.461 e. The Kier molecular flexibility index (Phi) is 4.60. The van der Waals surface area contributed by atoms with E-state index < -0.39 is 17.9 Å². The number of amides is 1. The summed E-state index contributed by atoms with van der Waals surface area (Å²) in [5, 5.41) is 10.5. The first-order valence-corrected chi connectivity index (χ1v) is 9.56. The van der Waals surface area contributed by atoms with Gasteiger partial charge in [0.05, 0.1) is 6.07 Å². The van der Waals surface area contributed by atoms with E-state index in [1.807, 2.05) is 18.2 Å². The van der Waals surface area contributed by atoms with Gasteiger partial charge in [0.25, 0.3) is 0 Å². The zero-order valence-electron chi connectivity index (χ0n) is 16.0. The number of hydrogen-bond donors (Lipinski definition) is 2. The molecule has 1 aliphatic carbocycles. The molecule has 5 atom stereocenters. The number of fused-ring (bicyclic) bond motifs is 2. The summed E-state index contributed by atoms with van der Waals surface area (Å²) in [7, 11) is 2.05. The van der Waals surface area contributed by atoms with Gasteiger partial charge in [-0.3, -0.25) is 9.59 Å². The maximum absolute atomic E-state index is 11.9. The summed E-state index contributed by atoms with van der Waals surface area (Å²) in [5.41, 5.74) is 8.90. The van der Waals surface area contributed by atoms with E-state index >= 15 is 0 Å². The number of carbonyl (C=O) groups excluding carboxylic acids is 2. The Balaban J connectivity index is 1.79. The molecule has 1 saturated heterocycles. The number of nitrogens with one attached hydrogen (secondary N) is 1. The zero-order valence-corrected chi connectivity index (χ0v) is 16.0. The first kappa shape index (κ1) is 18.5. The quantitative estimate of drug-likeness (QED) is 0.784. The van der Waals surface area contributed by atoms with Gasteiger partial charge in [-0.15, -0.1) is 0 Å². The average Bonchev–Trinajstić information content (AvgIpc) is 3.06. The molecule has 28 heavy (non-hydrogen) atoms. The molecule has 1 aromatic carbocycles. The molecule has 1 amide bonds. The Labute approximate surface area is 163 Å². The fourth-order valence-electron chi connectivity index (χ4n) is 5.12. The number of H-pyrrole nitrogens is 1. The lowest BCUT2D eigenvalue weighted by atomic mass is 9.69. The van der Waals surface area contributed by atoms with E-state index in [4.69, 9.17) is 10.5 Å². The van der Waals surface area contributed by atoms with Crippen LogP contribution in [0.25, 0.3) is 10.9 Å². The lowest BCUT2D eigenvalue weighted by Crippen LogP contribution is -2.56. The van der Waals surface area contributed by atoms with Gasteiger partial charge in [0.1, 0.15) is 12.0 Å². The van der Waals surface area contributed by atoms with Crippen molar-refractivity contribution < 1.29 is 14.3 Å². The van der Waals surface area contributed by atoms with Gasteiger partial charge in [-0.2, -0.15) is 5.26 Å². The van der Waals surface area contributed by atoms with Crippen molar-refractivity contribution in [3.8, 4) is 6.07 Å². The number of aromatic nitrogens is 1. The number of nitrogens with zero attached hydrogens (tertiary/aromatic N) is 2. The molecule has 7 heteroatoms. The van der Waals surface area contributed by atoms with Crippen molar-refractivity contribution in [1.82, 2.24) is 9.88 Å². The van der Waals surface area contributed by atoms with E-state index in [0.29, 0.717) is 6.54 Å². The van der Waals surface area contributed by atoms with Crippen LogP contribution in [-0.2, 0) is 20.7 Å². The van der Waals surface area contributed by atoms with Gasteiger partial charge in [0, 0.05) is 48.4 Å².